The fourth-order valence-corrected chi connectivity index (χ4v) is 2.38. The van der Waals surface area contributed by atoms with Crippen LogP contribution < -0.4 is 5.73 Å². The van der Waals surface area contributed by atoms with Crippen LogP contribution in [-0.4, -0.2) is 10.5 Å². The molecule has 0 unspecified atom stereocenters. The van der Waals surface area contributed by atoms with Gasteiger partial charge in [0.05, 0.1) is 5.52 Å². The monoisotopic (exact) mass is 322 g/mol. The van der Waals surface area contributed by atoms with E-state index in [0.29, 0.717) is 4.57 Å². The van der Waals surface area contributed by atoms with Gasteiger partial charge in [0, 0.05) is 16.6 Å². The van der Waals surface area contributed by atoms with Gasteiger partial charge >= 0.3 is 6.18 Å². The summed E-state index contributed by atoms with van der Waals surface area (Å²) in [7, 11) is 0. The molecule has 23 heavy (non-hydrogen) atoms. The molecule has 7 heteroatoms. The molecule has 0 fully saturated rings. The molecular formula is C16H10F4N2O. The number of aromatic nitrogens is 1. The third-order valence-electron chi connectivity index (χ3n) is 3.41. The van der Waals surface area contributed by atoms with Crippen LogP contribution in [0.4, 0.5) is 23.2 Å². The van der Waals surface area contributed by atoms with Gasteiger partial charge in [-0.3, -0.25) is 9.36 Å². The Bertz CT molecular complexity index is 895. The van der Waals surface area contributed by atoms with Crippen molar-refractivity contribution >= 4 is 22.5 Å². The van der Waals surface area contributed by atoms with E-state index >= 15 is 0 Å². The smallest absolute Gasteiger partial charge is 0.399 e. The number of fused-ring (bicyclic) bond motifs is 1. The number of carbonyl (C=O) groups is 1. The molecule has 118 valence electrons. The van der Waals surface area contributed by atoms with Crippen molar-refractivity contribution in [1.82, 2.24) is 4.57 Å². The second-order valence-electron chi connectivity index (χ2n) is 4.99. The minimum Gasteiger partial charge on any atom is -0.399 e. The highest BCUT2D eigenvalue weighted by Gasteiger charge is 2.37. The van der Waals surface area contributed by atoms with Crippen molar-refractivity contribution in [3.63, 3.8) is 0 Å². The molecule has 0 bridgehead atoms. The molecule has 0 saturated heterocycles. The van der Waals surface area contributed by atoms with E-state index in [1.165, 1.54) is 18.2 Å². The summed E-state index contributed by atoms with van der Waals surface area (Å²) in [5, 5.41) is 0.202. The summed E-state index contributed by atoms with van der Waals surface area (Å²) in [5.74, 6) is -1.47. The number of hydrogen-bond donors (Lipinski definition) is 1. The number of nitrogens with two attached hydrogens (primary N) is 1. The topological polar surface area (TPSA) is 48.0 Å². The third-order valence-corrected chi connectivity index (χ3v) is 3.41. The molecule has 3 aromatic rings. The highest BCUT2D eigenvalue weighted by atomic mass is 19.4. The number of nitrogens with zero attached hydrogens (tertiary/aromatic N) is 1. The minimum absolute atomic E-state index is 0.0498. The van der Waals surface area contributed by atoms with Crippen molar-refractivity contribution in [2.24, 2.45) is 0 Å². The zero-order valence-electron chi connectivity index (χ0n) is 11.6. The molecule has 0 aliphatic rings. The number of anilines is 1. The van der Waals surface area contributed by atoms with E-state index in [9.17, 15) is 22.4 Å². The largest absolute Gasteiger partial charge is 0.431 e. The SMILES string of the molecule is Nc1ccc2c(c1)cc(C(F)(F)F)n2C(=O)c1ccc(F)cc1. The second-order valence-corrected chi connectivity index (χ2v) is 4.99. The van der Waals surface area contributed by atoms with Crippen molar-refractivity contribution < 1.29 is 22.4 Å². The zero-order valence-corrected chi connectivity index (χ0v) is 11.6. The van der Waals surface area contributed by atoms with E-state index in [1.807, 2.05) is 0 Å². The van der Waals surface area contributed by atoms with Crippen LogP contribution in [0.15, 0.2) is 48.5 Å². The Kier molecular flexibility index (Phi) is 3.35. The van der Waals surface area contributed by atoms with Gasteiger partial charge in [0.2, 0.25) is 0 Å². The lowest BCUT2D eigenvalue weighted by atomic mass is 10.2. The predicted molar refractivity (Wildman–Crippen MR) is 77.5 cm³/mol. The first kappa shape index (κ1) is 15.1. The number of alkyl halides is 3. The van der Waals surface area contributed by atoms with Gasteiger partial charge in [-0.15, -0.1) is 0 Å². The minimum atomic E-state index is -4.72. The molecule has 0 atom stereocenters. The Balaban J connectivity index is 2.26. The van der Waals surface area contributed by atoms with Crippen molar-refractivity contribution in [2.45, 2.75) is 6.18 Å². The van der Waals surface area contributed by atoms with Gasteiger partial charge < -0.3 is 5.73 Å². The lowest BCUT2D eigenvalue weighted by Gasteiger charge is -2.12. The average Bonchev–Trinajstić information content (AvgIpc) is 2.86. The van der Waals surface area contributed by atoms with Crippen molar-refractivity contribution in [2.75, 3.05) is 5.73 Å². The molecule has 0 amide bonds. The highest BCUT2D eigenvalue weighted by Crippen LogP contribution is 2.35. The summed E-state index contributed by atoms with van der Waals surface area (Å²) in [6.07, 6.45) is -4.72. The summed E-state index contributed by atoms with van der Waals surface area (Å²) in [4.78, 5) is 12.5. The zero-order chi connectivity index (χ0) is 16.8. The second kappa shape index (κ2) is 5.12. The van der Waals surface area contributed by atoms with Gasteiger partial charge in [-0.2, -0.15) is 13.2 Å². The van der Waals surface area contributed by atoms with Gasteiger partial charge in [-0.25, -0.2) is 4.39 Å². The molecule has 2 N–H and O–H groups in total. The molecule has 0 spiro atoms. The molecule has 0 aliphatic carbocycles. The quantitative estimate of drug-likeness (QED) is 0.542. The Morgan fingerprint density at radius 2 is 1.65 bits per heavy atom. The van der Waals surface area contributed by atoms with Crippen LogP contribution in [0.5, 0.6) is 0 Å². The maximum absolute atomic E-state index is 13.3. The van der Waals surface area contributed by atoms with Crippen LogP contribution in [0.1, 0.15) is 16.1 Å². The standard InChI is InChI=1S/C16H10F4N2O/c17-11-3-1-9(2-4-11)15(23)22-13-6-5-12(21)7-10(13)8-14(22)16(18,19)20/h1-8H,21H2. The summed E-state index contributed by atoms with van der Waals surface area (Å²) in [5.41, 5.74) is 4.80. The molecule has 1 aromatic heterocycles. The number of nitrogen functional groups attached to an aromatic ring is 1. The van der Waals surface area contributed by atoms with E-state index in [4.69, 9.17) is 5.73 Å². The van der Waals surface area contributed by atoms with Crippen LogP contribution in [0.3, 0.4) is 0 Å². The number of hydrogen-bond acceptors (Lipinski definition) is 2. The highest BCUT2D eigenvalue weighted by molar-refractivity contribution is 6.03. The van der Waals surface area contributed by atoms with E-state index in [-0.39, 0.29) is 22.2 Å². The van der Waals surface area contributed by atoms with Crippen LogP contribution in [0.25, 0.3) is 10.9 Å². The van der Waals surface area contributed by atoms with E-state index < -0.39 is 23.6 Å². The summed E-state index contributed by atoms with van der Waals surface area (Å²) < 4.78 is 53.3. The normalized spacial score (nSPS) is 11.8. The van der Waals surface area contributed by atoms with Crippen LogP contribution in [0, 0.1) is 5.82 Å². The summed E-state index contributed by atoms with van der Waals surface area (Å²) >= 11 is 0. The van der Waals surface area contributed by atoms with Gasteiger partial charge in [0.25, 0.3) is 5.91 Å². The predicted octanol–water partition coefficient (Wildman–Crippen LogP) is 4.07. The fraction of sp³-hybridized carbons (Fsp3) is 0.0625. The van der Waals surface area contributed by atoms with Crippen molar-refractivity contribution in [1.29, 1.82) is 0 Å². The Morgan fingerprint density at radius 1 is 1.00 bits per heavy atom. The fourth-order valence-electron chi connectivity index (χ4n) is 2.38. The van der Waals surface area contributed by atoms with E-state index in [1.54, 1.807) is 0 Å². The Morgan fingerprint density at radius 3 is 2.26 bits per heavy atom. The van der Waals surface area contributed by atoms with Gasteiger partial charge in [-0.05, 0) is 48.5 Å². The summed E-state index contributed by atoms with van der Waals surface area (Å²) in [6, 6.07) is 9.31. The number of benzene rings is 2. The first-order valence-electron chi connectivity index (χ1n) is 6.56. The van der Waals surface area contributed by atoms with Gasteiger partial charge in [-0.1, -0.05) is 0 Å². The van der Waals surface area contributed by atoms with Crippen LogP contribution in [-0.2, 0) is 6.18 Å². The Hall–Kier alpha value is -2.83. The van der Waals surface area contributed by atoms with E-state index in [0.717, 1.165) is 30.3 Å². The molecule has 0 aliphatic heterocycles. The van der Waals surface area contributed by atoms with Crippen molar-refractivity contribution in [3.05, 3.63) is 65.6 Å². The molecule has 1 heterocycles. The lowest BCUT2D eigenvalue weighted by Crippen LogP contribution is -2.20. The number of halogens is 4. The third kappa shape index (κ3) is 2.65. The maximum Gasteiger partial charge on any atom is 0.431 e. The molecule has 3 nitrogen and oxygen atoms in total. The van der Waals surface area contributed by atoms with Crippen LogP contribution >= 0.6 is 0 Å². The lowest BCUT2D eigenvalue weighted by molar-refractivity contribution is -0.142. The molecule has 3 rings (SSSR count). The number of rotatable bonds is 1. The van der Waals surface area contributed by atoms with Crippen LogP contribution in [0.2, 0.25) is 0 Å². The van der Waals surface area contributed by atoms with Crippen molar-refractivity contribution in [3.8, 4) is 0 Å². The molecule has 0 radical (unpaired) electrons. The molecular weight excluding hydrogens is 312 g/mol. The molecule has 0 saturated carbocycles. The van der Waals surface area contributed by atoms with Gasteiger partial charge in [0.15, 0.2) is 0 Å². The summed E-state index contributed by atoms with van der Waals surface area (Å²) in [6.45, 7) is 0. The van der Waals surface area contributed by atoms with E-state index in [2.05, 4.69) is 0 Å². The first-order chi connectivity index (χ1) is 10.8. The number of carbonyl (C=O) groups excluding carboxylic acids is 1. The average molecular weight is 322 g/mol. The molecule has 2 aromatic carbocycles. The Labute approximate surface area is 127 Å². The van der Waals surface area contributed by atoms with Gasteiger partial charge in [0.1, 0.15) is 11.5 Å². The maximum atomic E-state index is 13.3. The first-order valence-corrected chi connectivity index (χ1v) is 6.56.